The van der Waals surface area contributed by atoms with Crippen LogP contribution in [0.15, 0.2) is 48.5 Å². The van der Waals surface area contributed by atoms with E-state index in [9.17, 15) is 14.4 Å². The minimum absolute atomic E-state index is 0.116. The lowest BCUT2D eigenvalue weighted by Gasteiger charge is -2.47. The van der Waals surface area contributed by atoms with E-state index in [0.717, 1.165) is 17.4 Å². The summed E-state index contributed by atoms with van der Waals surface area (Å²) in [5, 5.41) is 4.36. The van der Waals surface area contributed by atoms with Crippen molar-refractivity contribution in [3.63, 3.8) is 0 Å². The summed E-state index contributed by atoms with van der Waals surface area (Å²) in [6, 6.07) is 14.5. The molecule has 0 bridgehead atoms. The van der Waals surface area contributed by atoms with Gasteiger partial charge in [-0.25, -0.2) is 0 Å². The first-order chi connectivity index (χ1) is 15.9. The third-order valence-electron chi connectivity index (χ3n) is 6.50. The van der Waals surface area contributed by atoms with Crippen molar-refractivity contribution in [2.75, 3.05) is 0 Å². The Balaban J connectivity index is 2.08. The molecule has 0 unspecified atom stereocenters. The number of hydrogen-bond acceptors (Lipinski definition) is 4. The van der Waals surface area contributed by atoms with E-state index in [2.05, 4.69) is 5.32 Å². The Bertz CT molecular complexity index is 1050. The number of carbonyl (C=O) groups excluding carboxylic acids is 3. The number of halogens is 2. The first kappa shape index (κ1) is 26.2. The van der Waals surface area contributed by atoms with Gasteiger partial charge in [0, 0.05) is 22.4 Å². The van der Waals surface area contributed by atoms with Gasteiger partial charge in [-0.2, -0.15) is 0 Å². The zero-order valence-electron chi connectivity index (χ0n) is 19.9. The molecule has 1 saturated heterocycles. The van der Waals surface area contributed by atoms with Gasteiger partial charge in [-0.05, 0) is 68.5 Å². The molecular formula is C27H31Cl2NO4. The number of carbonyl (C=O) groups is 3. The number of rotatable bonds is 7. The monoisotopic (exact) mass is 503 g/mol. The number of aldehydes is 1. The molecule has 4 atom stereocenters. The largest absolute Gasteiger partial charge is 0.460 e. The molecule has 0 aliphatic carbocycles. The molecule has 1 aliphatic heterocycles. The van der Waals surface area contributed by atoms with Gasteiger partial charge in [0.25, 0.3) is 0 Å². The molecule has 0 saturated carbocycles. The van der Waals surface area contributed by atoms with E-state index in [-0.39, 0.29) is 36.6 Å². The highest BCUT2D eigenvalue weighted by molar-refractivity contribution is 6.30. The Labute approximate surface area is 211 Å². The van der Waals surface area contributed by atoms with Crippen LogP contribution < -0.4 is 5.32 Å². The highest BCUT2D eigenvalue weighted by Crippen LogP contribution is 2.51. The molecule has 7 heteroatoms. The van der Waals surface area contributed by atoms with Gasteiger partial charge in [0.05, 0.1) is 17.9 Å². The average Bonchev–Trinajstić information content (AvgIpc) is 2.74. The number of nitrogens with one attached hydrogen (secondary N) is 1. The van der Waals surface area contributed by atoms with Crippen LogP contribution in [0.2, 0.25) is 10.0 Å². The fourth-order valence-electron chi connectivity index (χ4n) is 4.78. The van der Waals surface area contributed by atoms with Crippen molar-refractivity contribution < 1.29 is 19.1 Å². The number of hydrogen-bond donors (Lipinski definition) is 1. The quantitative estimate of drug-likeness (QED) is 0.356. The smallest absolute Gasteiger partial charge is 0.307 e. The summed E-state index contributed by atoms with van der Waals surface area (Å²) in [4.78, 5) is 38.1. The van der Waals surface area contributed by atoms with Crippen LogP contribution in [0.3, 0.4) is 0 Å². The Kier molecular flexibility index (Phi) is 8.10. The fourth-order valence-corrected chi connectivity index (χ4v) is 5.10. The van der Waals surface area contributed by atoms with E-state index < -0.39 is 17.0 Å². The molecule has 0 radical (unpaired) electrons. The molecule has 182 valence electrons. The number of piperidine rings is 1. The zero-order chi connectivity index (χ0) is 25.1. The van der Waals surface area contributed by atoms with E-state index >= 15 is 0 Å². The van der Waals surface area contributed by atoms with Crippen LogP contribution in [0.1, 0.15) is 70.0 Å². The normalized spacial score (nSPS) is 23.6. The van der Waals surface area contributed by atoms with Gasteiger partial charge < -0.3 is 14.8 Å². The van der Waals surface area contributed by atoms with E-state index in [1.165, 1.54) is 0 Å². The van der Waals surface area contributed by atoms with Crippen LogP contribution in [0.4, 0.5) is 0 Å². The highest BCUT2D eigenvalue weighted by atomic mass is 35.5. The number of esters is 1. The van der Waals surface area contributed by atoms with Crippen LogP contribution in [0.5, 0.6) is 0 Å². The Morgan fingerprint density at radius 1 is 1.15 bits per heavy atom. The summed E-state index contributed by atoms with van der Waals surface area (Å²) in [7, 11) is 0. The Morgan fingerprint density at radius 3 is 2.41 bits per heavy atom. The van der Waals surface area contributed by atoms with Crippen molar-refractivity contribution in [1.29, 1.82) is 0 Å². The van der Waals surface area contributed by atoms with Crippen molar-refractivity contribution in [2.45, 2.75) is 64.5 Å². The summed E-state index contributed by atoms with van der Waals surface area (Å²) in [6.45, 7) is 7.21. The first-order valence-electron chi connectivity index (χ1n) is 11.4. The van der Waals surface area contributed by atoms with Gasteiger partial charge in [0.15, 0.2) is 0 Å². The SMILES string of the molecule is C[C@@H](CC=O)[C@]1(CC(=O)OC(C)(C)C)C[C@H](c2cccc(Cl)c2)[C@@H](c2ccc(Cl)cc2)NC1=O. The molecule has 1 heterocycles. The van der Waals surface area contributed by atoms with Crippen LogP contribution >= 0.6 is 23.2 Å². The van der Waals surface area contributed by atoms with Gasteiger partial charge in [-0.1, -0.05) is 54.4 Å². The lowest BCUT2D eigenvalue weighted by Crippen LogP contribution is -2.54. The van der Waals surface area contributed by atoms with Crippen molar-refractivity contribution >= 4 is 41.4 Å². The Hall–Kier alpha value is -2.37. The summed E-state index contributed by atoms with van der Waals surface area (Å²) < 4.78 is 5.58. The van der Waals surface area contributed by atoms with Crippen molar-refractivity contribution in [3.8, 4) is 0 Å². The maximum Gasteiger partial charge on any atom is 0.307 e. The molecule has 2 aromatic rings. The first-order valence-corrected chi connectivity index (χ1v) is 12.2. The second-order valence-electron chi connectivity index (χ2n) is 10.1. The summed E-state index contributed by atoms with van der Waals surface area (Å²) >= 11 is 12.4. The van der Waals surface area contributed by atoms with Crippen LogP contribution in [-0.2, 0) is 19.1 Å². The molecule has 3 rings (SSSR count). The van der Waals surface area contributed by atoms with Crippen LogP contribution in [0.25, 0.3) is 0 Å². The summed E-state index contributed by atoms with van der Waals surface area (Å²) in [6.07, 6.45) is 1.20. The summed E-state index contributed by atoms with van der Waals surface area (Å²) in [5.41, 5.74) is 0.0465. The number of benzene rings is 2. The van der Waals surface area contributed by atoms with Gasteiger partial charge >= 0.3 is 5.97 Å². The van der Waals surface area contributed by atoms with Gasteiger partial charge in [0.2, 0.25) is 5.91 Å². The molecule has 1 fully saturated rings. The lowest BCUT2D eigenvalue weighted by atomic mass is 9.61. The minimum atomic E-state index is -1.11. The van der Waals surface area contributed by atoms with Gasteiger partial charge in [-0.15, -0.1) is 0 Å². The predicted molar refractivity (Wildman–Crippen MR) is 134 cm³/mol. The number of ether oxygens (including phenoxy) is 1. The van der Waals surface area contributed by atoms with Crippen LogP contribution in [0, 0.1) is 11.3 Å². The standard InChI is InChI=1S/C27H31Cl2NO4/c1-17(12-13-31)27(16-23(32)34-26(2,3)4)15-22(19-6-5-7-21(29)14-19)24(30-25(27)33)18-8-10-20(28)11-9-18/h5-11,13-14,17,22,24H,12,15-16H2,1-4H3,(H,30,33)/t17-,22+,24+,27+/m0/s1. The third kappa shape index (κ3) is 6.00. The summed E-state index contributed by atoms with van der Waals surface area (Å²) in [5.74, 6) is -1.28. The average molecular weight is 504 g/mol. The van der Waals surface area contributed by atoms with E-state index in [0.29, 0.717) is 16.5 Å². The molecule has 2 aromatic carbocycles. The molecule has 34 heavy (non-hydrogen) atoms. The van der Waals surface area contributed by atoms with Gasteiger partial charge in [0.1, 0.15) is 11.9 Å². The number of amides is 1. The Morgan fingerprint density at radius 2 is 1.82 bits per heavy atom. The van der Waals surface area contributed by atoms with Crippen molar-refractivity contribution in [3.05, 3.63) is 69.7 Å². The molecular weight excluding hydrogens is 473 g/mol. The third-order valence-corrected chi connectivity index (χ3v) is 6.99. The molecule has 0 spiro atoms. The maximum atomic E-state index is 13.7. The highest BCUT2D eigenvalue weighted by Gasteiger charge is 2.52. The molecule has 1 amide bonds. The lowest BCUT2D eigenvalue weighted by molar-refractivity contribution is -0.164. The van der Waals surface area contributed by atoms with E-state index in [1.807, 2.05) is 37.3 Å². The van der Waals surface area contributed by atoms with Gasteiger partial charge in [-0.3, -0.25) is 9.59 Å². The molecule has 0 aromatic heterocycles. The van der Waals surface area contributed by atoms with Crippen LogP contribution in [-0.4, -0.2) is 23.8 Å². The molecule has 5 nitrogen and oxygen atoms in total. The van der Waals surface area contributed by atoms with E-state index in [1.54, 1.807) is 39.0 Å². The second-order valence-corrected chi connectivity index (χ2v) is 11.0. The van der Waals surface area contributed by atoms with E-state index in [4.69, 9.17) is 27.9 Å². The molecule has 1 N–H and O–H groups in total. The fraction of sp³-hybridized carbons (Fsp3) is 0.444. The van der Waals surface area contributed by atoms with Crippen molar-refractivity contribution in [2.24, 2.45) is 11.3 Å². The molecule has 1 aliphatic rings. The topological polar surface area (TPSA) is 72.5 Å². The zero-order valence-corrected chi connectivity index (χ0v) is 21.5. The maximum absolute atomic E-state index is 13.7. The van der Waals surface area contributed by atoms with Crippen molar-refractivity contribution in [1.82, 2.24) is 5.32 Å². The minimum Gasteiger partial charge on any atom is -0.460 e. The predicted octanol–water partition coefficient (Wildman–Crippen LogP) is 6.28. The second kappa shape index (κ2) is 10.5.